The average molecular weight is 338 g/mol. The van der Waals surface area contributed by atoms with E-state index in [1.807, 2.05) is 0 Å². The van der Waals surface area contributed by atoms with Gasteiger partial charge in [-0.2, -0.15) is 0 Å². The number of carbonyl (C=O) groups excluding carboxylic acids is 2. The number of rotatable bonds is 8. The molecule has 5 nitrogen and oxygen atoms in total. The van der Waals surface area contributed by atoms with Crippen LogP contribution >= 0.6 is 0 Å². The number of nitrogens with zero attached hydrogens (tertiary/aromatic N) is 2. The minimum atomic E-state index is -0.146. The molecule has 2 rings (SSSR count). The minimum absolute atomic E-state index is 0.000693. The number of hydrogen-bond acceptors (Lipinski definition) is 4. The van der Waals surface area contributed by atoms with Gasteiger partial charge in [0.1, 0.15) is 0 Å². The fourth-order valence-electron chi connectivity index (χ4n) is 3.23. The summed E-state index contributed by atoms with van der Waals surface area (Å²) in [5, 5.41) is 3.35. The third kappa shape index (κ3) is 4.57. The Kier molecular flexibility index (Phi) is 6.08. The van der Waals surface area contributed by atoms with Gasteiger partial charge < -0.3 is 10.2 Å². The highest BCUT2D eigenvalue weighted by Gasteiger charge is 2.43. The fourth-order valence-corrected chi connectivity index (χ4v) is 3.23. The summed E-state index contributed by atoms with van der Waals surface area (Å²) in [4.78, 5) is 28.7. The topological polar surface area (TPSA) is 52.7 Å². The summed E-state index contributed by atoms with van der Waals surface area (Å²) >= 11 is 0. The molecule has 0 aromatic rings. The molecule has 0 aromatic heterocycles. The van der Waals surface area contributed by atoms with Gasteiger partial charge in [0.2, 0.25) is 11.8 Å². The van der Waals surface area contributed by atoms with E-state index in [1.165, 1.54) is 24.4 Å². The van der Waals surface area contributed by atoms with Gasteiger partial charge in [0.15, 0.2) is 0 Å². The molecular weight excluding hydrogens is 302 g/mol. The van der Waals surface area contributed by atoms with Crippen molar-refractivity contribution in [2.75, 3.05) is 39.3 Å². The third-order valence-corrected chi connectivity index (χ3v) is 6.19. The summed E-state index contributed by atoms with van der Waals surface area (Å²) in [6.45, 7) is 16.6. The number of imide groups is 1. The predicted molar refractivity (Wildman–Crippen MR) is 96.6 cm³/mol. The van der Waals surface area contributed by atoms with E-state index in [4.69, 9.17) is 0 Å². The van der Waals surface area contributed by atoms with Crippen LogP contribution in [0.4, 0.5) is 0 Å². The number of nitrogens with one attached hydrogen (secondary N) is 1. The standard InChI is InChI=1S/C19H35N3O2/c1-18(2,3)19(4,5)14-15-13-16(23)22(17(15)24)12-8-20-7-11-21-9-6-10-21/h15,20H,6-14H2,1-5H3. The largest absolute Gasteiger partial charge is 0.314 e. The third-order valence-electron chi connectivity index (χ3n) is 6.19. The maximum atomic E-state index is 12.6. The molecule has 24 heavy (non-hydrogen) atoms. The first-order valence-electron chi connectivity index (χ1n) is 9.39. The van der Waals surface area contributed by atoms with Gasteiger partial charge in [0, 0.05) is 38.5 Å². The summed E-state index contributed by atoms with van der Waals surface area (Å²) in [6, 6.07) is 0. The van der Waals surface area contributed by atoms with E-state index >= 15 is 0 Å². The van der Waals surface area contributed by atoms with E-state index in [-0.39, 0.29) is 28.6 Å². The maximum absolute atomic E-state index is 12.6. The molecule has 0 aliphatic carbocycles. The van der Waals surface area contributed by atoms with Gasteiger partial charge in [-0.15, -0.1) is 0 Å². The van der Waals surface area contributed by atoms with Gasteiger partial charge in [-0.3, -0.25) is 14.5 Å². The SMILES string of the molecule is CC(C)(C)C(C)(C)CC1CC(=O)N(CCNCCN2CCC2)C1=O. The number of amides is 2. The molecule has 5 heteroatoms. The van der Waals surface area contributed by atoms with Crippen LogP contribution in [0, 0.1) is 16.7 Å². The van der Waals surface area contributed by atoms with Crippen LogP contribution < -0.4 is 5.32 Å². The summed E-state index contributed by atoms with van der Waals surface area (Å²) in [5.41, 5.74) is 0.140. The molecular formula is C19H35N3O2. The molecule has 2 aliphatic heterocycles. The monoisotopic (exact) mass is 337 g/mol. The van der Waals surface area contributed by atoms with Crippen molar-refractivity contribution in [1.29, 1.82) is 0 Å². The van der Waals surface area contributed by atoms with Crippen molar-refractivity contribution in [2.24, 2.45) is 16.7 Å². The Morgan fingerprint density at radius 1 is 1.04 bits per heavy atom. The van der Waals surface area contributed by atoms with Gasteiger partial charge >= 0.3 is 0 Å². The highest BCUT2D eigenvalue weighted by Crippen LogP contribution is 2.44. The van der Waals surface area contributed by atoms with Crippen molar-refractivity contribution < 1.29 is 9.59 Å². The second kappa shape index (κ2) is 7.52. The minimum Gasteiger partial charge on any atom is -0.314 e. The summed E-state index contributed by atoms with van der Waals surface area (Å²) in [7, 11) is 0. The molecule has 2 amide bonds. The zero-order valence-electron chi connectivity index (χ0n) is 16.2. The van der Waals surface area contributed by atoms with Gasteiger partial charge in [-0.1, -0.05) is 34.6 Å². The summed E-state index contributed by atoms with van der Waals surface area (Å²) in [5.74, 6) is -0.117. The van der Waals surface area contributed by atoms with E-state index in [1.54, 1.807) is 0 Å². The molecule has 1 atom stereocenters. The van der Waals surface area contributed by atoms with E-state index < -0.39 is 0 Å². The molecule has 2 aliphatic rings. The van der Waals surface area contributed by atoms with Crippen LogP contribution in [0.1, 0.15) is 53.9 Å². The zero-order chi connectivity index (χ0) is 18.0. The molecule has 0 radical (unpaired) electrons. The van der Waals surface area contributed by atoms with E-state index in [2.05, 4.69) is 44.8 Å². The number of hydrogen-bond donors (Lipinski definition) is 1. The van der Waals surface area contributed by atoms with E-state index in [9.17, 15) is 9.59 Å². The van der Waals surface area contributed by atoms with Crippen molar-refractivity contribution in [1.82, 2.24) is 15.1 Å². The summed E-state index contributed by atoms with van der Waals surface area (Å²) < 4.78 is 0. The molecule has 0 spiro atoms. The number of carbonyl (C=O) groups is 2. The molecule has 1 N–H and O–H groups in total. The quantitative estimate of drug-likeness (QED) is 0.544. The first-order chi connectivity index (χ1) is 11.1. The molecule has 0 saturated carbocycles. The lowest BCUT2D eigenvalue weighted by molar-refractivity contribution is -0.139. The van der Waals surface area contributed by atoms with Crippen LogP contribution in [0.15, 0.2) is 0 Å². The molecule has 1 unspecified atom stereocenters. The second-order valence-corrected chi connectivity index (χ2v) is 9.07. The lowest BCUT2D eigenvalue weighted by Gasteiger charge is -2.40. The van der Waals surface area contributed by atoms with Gasteiger partial charge in [0.25, 0.3) is 0 Å². The van der Waals surface area contributed by atoms with Crippen LogP contribution in [0.3, 0.4) is 0 Å². The normalized spacial score (nSPS) is 23.0. The Morgan fingerprint density at radius 2 is 1.67 bits per heavy atom. The van der Waals surface area contributed by atoms with Crippen LogP contribution in [0.2, 0.25) is 0 Å². The Bertz CT molecular complexity index is 464. The second-order valence-electron chi connectivity index (χ2n) is 9.07. The Labute approximate surface area is 147 Å². The predicted octanol–water partition coefficient (Wildman–Crippen LogP) is 2.12. The number of likely N-dealkylation sites (tertiary alicyclic amines) is 2. The Morgan fingerprint density at radius 3 is 2.21 bits per heavy atom. The van der Waals surface area contributed by atoms with Crippen LogP contribution in [-0.2, 0) is 9.59 Å². The first-order valence-corrected chi connectivity index (χ1v) is 9.39. The molecule has 2 fully saturated rings. The average Bonchev–Trinajstić information content (AvgIpc) is 2.65. The lowest BCUT2D eigenvalue weighted by Crippen LogP contribution is -2.43. The zero-order valence-corrected chi connectivity index (χ0v) is 16.2. The molecule has 2 heterocycles. The highest BCUT2D eigenvalue weighted by molar-refractivity contribution is 6.03. The van der Waals surface area contributed by atoms with Crippen molar-refractivity contribution in [3.63, 3.8) is 0 Å². The smallest absolute Gasteiger partial charge is 0.232 e. The van der Waals surface area contributed by atoms with Crippen LogP contribution in [-0.4, -0.2) is 60.9 Å². The van der Waals surface area contributed by atoms with Gasteiger partial charge in [0.05, 0.1) is 0 Å². The summed E-state index contributed by atoms with van der Waals surface area (Å²) in [6.07, 6.45) is 2.47. The maximum Gasteiger partial charge on any atom is 0.232 e. The van der Waals surface area contributed by atoms with Gasteiger partial charge in [-0.05, 0) is 36.8 Å². The highest BCUT2D eigenvalue weighted by atomic mass is 16.2. The molecule has 2 saturated heterocycles. The van der Waals surface area contributed by atoms with Crippen molar-refractivity contribution in [3.05, 3.63) is 0 Å². The Balaban J connectivity index is 1.76. The molecule has 0 aromatic carbocycles. The van der Waals surface area contributed by atoms with Gasteiger partial charge in [-0.25, -0.2) is 0 Å². The molecule has 138 valence electrons. The van der Waals surface area contributed by atoms with E-state index in [0.29, 0.717) is 19.5 Å². The fraction of sp³-hybridized carbons (Fsp3) is 0.895. The van der Waals surface area contributed by atoms with Crippen molar-refractivity contribution in [3.8, 4) is 0 Å². The van der Waals surface area contributed by atoms with E-state index in [0.717, 1.165) is 19.5 Å². The Hall–Kier alpha value is -0.940. The van der Waals surface area contributed by atoms with Crippen LogP contribution in [0.25, 0.3) is 0 Å². The van der Waals surface area contributed by atoms with Crippen molar-refractivity contribution in [2.45, 2.75) is 53.9 Å². The first kappa shape index (κ1) is 19.4. The van der Waals surface area contributed by atoms with Crippen LogP contribution in [0.5, 0.6) is 0 Å². The molecule has 0 bridgehead atoms. The lowest BCUT2D eigenvalue weighted by atomic mass is 9.65. The van der Waals surface area contributed by atoms with Crippen molar-refractivity contribution >= 4 is 11.8 Å².